The SMILES string of the molecule is Cc1sc(C(N)=O)c([C@@H](CN)Cc2ccccc2C(F)(F)F)c1-c1c(Cl)cnn1C. The highest BCUT2D eigenvalue weighted by Crippen LogP contribution is 2.44. The number of hydrogen-bond acceptors (Lipinski definition) is 4. The van der Waals surface area contributed by atoms with E-state index in [0.29, 0.717) is 21.8 Å². The number of primary amides is 1. The first kappa shape index (κ1) is 22.3. The molecule has 5 nitrogen and oxygen atoms in total. The molecule has 2 heterocycles. The third-order valence-electron chi connectivity index (χ3n) is 4.96. The van der Waals surface area contributed by atoms with Gasteiger partial charge in [0.1, 0.15) is 0 Å². The first-order valence-corrected chi connectivity index (χ1v) is 10.2. The number of rotatable bonds is 6. The number of hydrogen-bond donors (Lipinski definition) is 2. The Balaban J connectivity index is 2.20. The van der Waals surface area contributed by atoms with Crippen LogP contribution in [0.25, 0.3) is 11.3 Å². The highest BCUT2D eigenvalue weighted by molar-refractivity contribution is 7.14. The molecule has 0 aliphatic carbocycles. The summed E-state index contributed by atoms with van der Waals surface area (Å²) in [6.45, 7) is 1.82. The molecule has 0 saturated heterocycles. The lowest BCUT2D eigenvalue weighted by Gasteiger charge is -2.21. The number of thiophene rings is 1. The average molecular weight is 457 g/mol. The smallest absolute Gasteiger partial charge is 0.365 e. The Morgan fingerprint density at radius 3 is 2.53 bits per heavy atom. The number of nitrogens with two attached hydrogens (primary N) is 2. The molecule has 3 aromatic rings. The molecule has 0 radical (unpaired) electrons. The quantitative estimate of drug-likeness (QED) is 0.572. The molecule has 0 fully saturated rings. The van der Waals surface area contributed by atoms with Crippen molar-refractivity contribution in [3.8, 4) is 11.3 Å². The second-order valence-corrected chi connectivity index (χ2v) is 8.53. The third kappa shape index (κ3) is 4.10. The van der Waals surface area contributed by atoms with E-state index in [1.165, 1.54) is 29.7 Å². The van der Waals surface area contributed by atoms with E-state index in [9.17, 15) is 18.0 Å². The Hall–Kier alpha value is -2.36. The Labute approximate surface area is 180 Å². The van der Waals surface area contributed by atoms with Crippen molar-refractivity contribution < 1.29 is 18.0 Å². The molecule has 0 aliphatic rings. The first-order chi connectivity index (χ1) is 14.1. The van der Waals surface area contributed by atoms with Crippen LogP contribution in [0.1, 0.15) is 37.2 Å². The van der Waals surface area contributed by atoms with E-state index in [2.05, 4.69) is 5.10 Å². The predicted octanol–water partition coefficient (Wildman–Crippen LogP) is 4.51. The number of carbonyl (C=O) groups excluding carboxylic acids is 1. The molecule has 160 valence electrons. The van der Waals surface area contributed by atoms with Crippen molar-refractivity contribution in [3.05, 3.63) is 61.9 Å². The van der Waals surface area contributed by atoms with Crippen molar-refractivity contribution in [2.45, 2.75) is 25.4 Å². The van der Waals surface area contributed by atoms with Crippen LogP contribution in [-0.2, 0) is 19.6 Å². The molecular formula is C20H20ClF3N4OS. The Morgan fingerprint density at radius 2 is 2.00 bits per heavy atom. The molecule has 1 atom stereocenters. The summed E-state index contributed by atoms with van der Waals surface area (Å²) >= 11 is 7.51. The minimum Gasteiger partial charge on any atom is -0.365 e. The molecule has 2 aromatic heterocycles. The largest absolute Gasteiger partial charge is 0.416 e. The molecule has 4 N–H and O–H groups in total. The molecule has 30 heavy (non-hydrogen) atoms. The van der Waals surface area contributed by atoms with Crippen LogP contribution in [0.15, 0.2) is 30.5 Å². The normalized spacial score (nSPS) is 12.9. The second-order valence-electron chi connectivity index (χ2n) is 6.90. The van der Waals surface area contributed by atoms with Gasteiger partial charge in [-0.15, -0.1) is 11.3 Å². The number of aryl methyl sites for hydroxylation is 2. The van der Waals surface area contributed by atoms with Gasteiger partial charge in [0, 0.05) is 23.4 Å². The van der Waals surface area contributed by atoms with Crippen LogP contribution < -0.4 is 11.5 Å². The lowest BCUT2D eigenvalue weighted by Crippen LogP contribution is -2.21. The molecule has 10 heteroatoms. The van der Waals surface area contributed by atoms with Gasteiger partial charge in [0.2, 0.25) is 0 Å². The van der Waals surface area contributed by atoms with Crippen molar-refractivity contribution in [2.24, 2.45) is 18.5 Å². The zero-order valence-electron chi connectivity index (χ0n) is 16.3. The van der Waals surface area contributed by atoms with Gasteiger partial charge in [0.15, 0.2) is 0 Å². The summed E-state index contributed by atoms with van der Waals surface area (Å²) in [4.78, 5) is 13.2. The fraction of sp³-hybridized carbons (Fsp3) is 0.300. The number of nitrogens with zero attached hydrogens (tertiary/aromatic N) is 2. The van der Waals surface area contributed by atoms with Crippen molar-refractivity contribution in [3.63, 3.8) is 0 Å². The van der Waals surface area contributed by atoms with Crippen LogP contribution in [0, 0.1) is 6.92 Å². The predicted molar refractivity (Wildman–Crippen MR) is 112 cm³/mol. The zero-order valence-corrected chi connectivity index (χ0v) is 17.8. The minimum absolute atomic E-state index is 0.00882. The fourth-order valence-electron chi connectivity index (χ4n) is 3.66. The van der Waals surface area contributed by atoms with E-state index in [-0.39, 0.29) is 23.4 Å². The highest BCUT2D eigenvalue weighted by Gasteiger charge is 2.35. The standard InChI is InChI=1S/C20H20ClF3N4OS/c1-10-15(17-14(21)9-27-28(17)2)16(18(30-10)19(26)29)12(8-25)7-11-5-3-4-6-13(11)20(22,23)24/h3-6,9,12H,7-8,25H2,1-2H3,(H2,26,29)/t12-/m1/s1. The monoisotopic (exact) mass is 456 g/mol. The lowest BCUT2D eigenvalue weighted by molar-refractivity contribution is -0.138. The summed E-state index contributed by atoms with van der Waals surface area (Å²) in [6, 6.07) is 5.35. The second kappa shape index (κ2) is 8.41. The van der Waals surface area contributed by atoms with Crippen LogP contribution in [0.3, 0.4) is 0 Å². The van der Waals surface area contributed by atoms with Crippen LogP contribution in [0.5, 0.6) is 0 Å². The molecule has 0 unspecified atom stereocenters. The lowest BCUT2D eigenvalue weighted by atomic mass is 9.86. The maximum absolute atomic E-state index is 13.5. The van der Waals surface area contributed by atoms with E-state index in [4.69, 9.17) is 23.1 Å². The van der Waals surface area contributed by atoms with Gasteiger partial charge < -0.3 is 11.5 Å². The van der Waals surface area contributed by atoms with Crippen LogP contribution in [0.4, 0.5) is 13.2 Å². The van der Waals surface area contributed by atoms with E-state index >= 15 is 0 Å². The van der Waals surface area contributed by atoms with Gasteiger partial charge in [-0.25, -0.2) is 0 Å². The Bertz CT molecular complexity index is 1070. The minimum atomic E-state index is -4.50. The summed E-state index contributed by atoms with van der Waals surface area (Å²) in [7, 11) is 1.70. The van der Waals surface area contributed by atoms with Crippen molar-refractivity contribution in [1.82, 2.24) is 9.78 Å². The molecular weight excluding hydrogens is 437 g/mol. The molecule has 0 spiro atoms. The van der Waals surface area contributed by atoms with Gasteiger partial charge in [-0.05, 0) is 37.1 Å². The molecule has 0 bridgehead atoms. The van der Waals surface area contributed by atoms with Gasteiger partial charge in [-0.2, -0.15) is 18.3 Å². The Kier molecular flexibility index (Phi) is 6.26. The van der Waals surface area contributed by atoms with Crippen molar-refractivity contribution in [2.75, 3.05) is 6.54 Å². The molecule has 0 saturated carbocycles. The van der Waals surface area contributed by atoms with E-state index in [1.54, 1.807) is 24.7 Å². The summed E-state index contributed by atoms with van der Waals surface area (Å²) in [5, 5.41) is 4.50. The molecule has 1 aromatic carbocycles. The van der Waals surface area contributed by atoms with Crippen molar-refractivity contribution in [1.29, 1.82) is 0 Å². The van der Waals surface area contributed by atoms with Gasteiger partial charge in [-0.3, -0.25) is 9.48 Å². The topological polar surface area (TPSA) is 86.9 Å². The number of carbonyl (C=O) groups is 1. The highest BCUT2D eigenvalue weighted by atomic mass is 35.5. The summed E-state index contributed by atoms with van der Waals surface area (Å²) in [6.07, 6.45) is -3.04. The number of alkyl halides is 3. The van der Waals surface area contributed by atoms with Gasteiger partial charge in [-0.1, -0.05) is 29.8 Å². The maximum Gasteiger partial charge on any atom is 0.416 e. The van der Waals surface area contributed by atoms with Gasteiger partial charge >= 0.3 is 6.18 Å². The van der Waals surface area contributed by atoms with E-state index in [0.717, 1.165) is 10.9 Å². The number of amides is 1. The maximum atomic E-state index is 13.5. The fourth-order valence-corrected chi connectivity index (χ4v) is 5.02. The average Bonchev–Trinajstić information content (AvgIpc) is 3.18. The molecule has 0 aliphatic heterocycles. The summed E-state index contributed by atoms with van der Waals surface area (Å²) < 4.78 is 42.0. The van der Waals surface area contributed by atoms with E-state index < -0.39 is 23.6 Å². The van der Waals surface area contributed by atoms with E-state index in [1.807, 2.05) is 0 Å². The van der Waals surface area contributed by atoms with Crippen LogP contribution in [-0.4, -0.2) is 22.2 Å². The van der Waals surface area contributed by atoms with Crippen molar-refractivity contribution >= 4 is 28.8 Å². The Morgan fingerprint density at radius 1 is 1.33 bits per heavy atom. The van der Waals surface area contributed by atoms with Gasteiger partial charge in [0.05, 0.1) is 27.4 Å². The van der Waals surface area contributed by atoms with Crippen LogP contribution in [0.2, 0.25) is 5.02 Å². The van der Waals surface area contributed by atoms with Crippen LogP contribution >= 0.6 is 22.9 Å². The summed E-state index contributed by atoms with van der Waals surface area (Å²) in [5.41, 5.74) is 12.7. The third-order valence-corrected chi connectivity index (χ3v) is 6.37. The number of benzene rings is 1. The molecule has 3 rings (SSSR count). The summed E-state index contributed by atoms with van der Waals surface area (Å²) in [5.74, 6) is -1.24. The number of halogens is 4. The molecule has 1 amide bonds. The first-order valence-electron chi connectivity index (χ1n) is 9.02. The number of aromatic nitrogens is 2. The van der Waals surface area contributed by atoms with Gasteiger partial charge in [0.25, 0.3) is 5.91 Å². The zero-order chi connectivity index (χ0) is 22.2.